The van der Waals surface area contributed by atoms with Gasteiger partial charge in [-0.05, 0) is 56.6 Å². The summed E-state index contributed by atoms with van der Waals surface area (Å²) < 4.78 is 1.85. The molecule has 1 saturated heterocycles. The third-order valence-electron chi connectivity index (χ3n) is 7.86. The minimum Gasteiger partial charge on any atom is -0.390 e. The van der Waals surface area contributed by atoms with Gasteiger partial charge in [-0.2, -0.15) is 10.4 Å². The first-order valence-electron chi connectivity index (χ1n) is 11.0. The molecule has 6 rings (SSSR count). The Bertz CT molecular complexity index is 1230. The van der Waals surface area contributed by atoms with E-state index in [1.807, 2.05) is 30.8 Å². The van der Waals surface area contributed by atoms with E-state index in [4.69, 9.17) is 0 Å². The molecule has 31 heavy (non-hydrogen) atoms. The largest absolute Gasteiger partial charge is 0.390 e. The molecule has 2 aromatic heterocycles. The molecule has 1 aliphatic heterocycles. The van der Waals surface area contributed by atoms with E-state index in [1.54, 1.807) is 6.33 Å². The van der Waals surface area contributed by atoms with Gasteiger partial charge < -0.3 is 10.0 Å². The number of aliphatic hydroxyl groups is 1. The topological polar surface area (TPSA) is 90.9 Å². The van der Waals surface area contributed by atoms with Crippen molar-refractivity contribution in [3.63, 3.8) is 0 Å². The predicted molar refractivity (Wildman–Crippen MR) is 117 cm³/mol. The number of benzene rings is 1. The summed E-state index contributed by atoms with van der Waals surface area (Å²) in [5, 5.41) is 25.9. The van der Waals surface area contributed by atoms with Gasteiger partial charge in [-0.1, -0.05) is 12.1 Å². The van der Waals surface area contributed by atoms with Crippen molar-refractivity contribution in [1.29, 1.82) is 5.26 Å². The van der Waals surface area contributed by atoms with E-state index in [1.165, 1.54) is 0 Å². The summed E-state index contributed by atoms with van der Waals surface area (Å²) >= 11 is 0. The molecule has 0 radical (unpaired) electrons. The highest BCUT2D eigenvalue weighted by atomic mass is 16.3. The van der Waals surface area contributed by atoms with Crippen LogP contribution in [0.2, 0.25) is 0 Å². The summed E-state index contributed by atoms with van der Waals surface area (Å²) in [5.74, 6) is 1.78. The Kier molecular flexibility index (Phi) is 3.66. The molecule has 2 aliphatic carbocycles. The lowest BCUT2D eigenvalue weighted by atomic mass is 9.90. The first-order valence-corrected chi connectivity index (χ1v) is 11.0. The Balaban J connectivity index is 1.35. The fraction of sp³-hybridized carbons (Fsp3) is 0.500. The van der Waals surface area contributed by atoms with E-state index in [0.29, 0.717) is 5.82 Å². The third kappa shape index (κ3) is 2.71. The molecule has 1 spiro atoms. The summed E-state index contributed by atoms with van der Waals surface area (Å²) in [5.41, 5.74) is 1.28. The van der Waals surface area contributed by atoms with Crippen LogP contribution in [0.4, 0.5) is 5.82 Å². The molecule has 1 N–H and O–H groups in total. The molecule has 3 aliphatic rings. The normalized spacial score (nSPS) is 26.4. The molecule has 0 bridgehead atoms. The minimum absolute atomic E-state index is 0.217. The van der Waals surface area contributed by atoms with Gasteiger partial charge in [0.1, 0.15) is 12.1 Å². The summed E-state index contributed by atoms with van der Waals surface area (Å²) in [7, 11) is 0. The fourth-order valence-corrected chi connectivity index (χ4v) is 5.49. The van der Waals surface area contributed by atoms with Crippen molar-refractivity contribution < 1.29 is 5.11 Å². The smallest absolute Gasteiger partial charge is 0.159 e. The van der Waals surface area contributed by atoms with E-state index in [2.05, 4.69) is 44.2 Å². The molecule has 7 heteroatoms. The predicted octanol–water partition coefficient (Wildman–Crippen LogP) is 3.36. The number of nitriles is 1. The van der Waals surface area contributed by atoms with Crippen molar-refractivity contribution in [3.05, 3.63) is 42.4 Å². The molecule has 3 fully saturated rings. The highest BCUT2D eigenvalue weighted by Crippen LogP contribution is 2.78. The number of hydrogen-bond acceptors (Lipinski definition) is 6. The van der Waals surface area contributed by atoms with E-state index in [9.17, 15) is 10.4 Å². The zero-order chi connectivity index (χ0) is 21.4. The Morgan fingerprint density at radius 1 is 1.19 bits per heavy atom. The van der Waals surface area contributed by atoms with Crippen molar-refractivity contribution in [3.8, 4) is 11.9 Å². The number of aromatic nitrogens is 4. The average molecular weight is 415 g/mol. The van der Waals surface area contributed by atoms with Gasteiger partial charge in [0.05, 0.1) is 28.8 Å². The molecule has 0 unspecified atom stereocenters. The summed E-state index contributed by atoms with van der Waals surface area (Å²) in [6.45, 7) is 5.39. The van der Waals surface area contributed by atoms with E-state index in [0.717, 1.165) is 61.1 Å². The molecule has 3 aromatic rings. The molecule has 3 heterocycles. The zero-order valence-electron chi connectivity index (χ0n) is 17.9. The van der Waals surface area contributed by atoms with E-state index < -0.39 is 5.60 Å². The van der Waals surface area contributed by atoms with Crippen LogP contribution >= 0.6 is 0 Å². The van der Waals surface area contributed by atoms with Gasteiger partial charge in [0, 0.05) is 30.5 Å². The molecule has 2 atom stereocenters. The second-order valence-electron chi connectivity index (χ2n) is 10.1. The molecular weight excluding hydrogens is 388 g/mol. The maximum Gasteiger partial charge on any atom is 0.159 e. The highest BCUT2D eigenvalue weighted by molar-refractivity contribution is 5.82. The number of fused-ring (bicyclic) bond motifs is 1. The molecule has 2 saturated carbocycles. The summed E-state index contributed by atoms with van der Waals surface area (Å²) in [6.07, 6.45) is 7.67. The first kappa shape index (κ1) is 18.8. The lowest BCUT2D eigenvalue weighted by Gasteiger charge is -2.25. The first-order chi connectivity index (χ1) is 14.9. The van der Waals surface area contributed by atoms with Crippen LogP contribution in [-0.2, 0) is 5.41 Å². The summed E-state index contributed by atoms with van der Waals surface area (Å²) in [4.78, 5) is 11.2. The Hall–Kier alpha value is -2.98. The highest BCUT2D eigenvalue weighted by Gasteiger charge is 2.75. The van der Waals surface area contributed by atoms with Crippen LogP contribution in [0.1, 0.15) is 45.1 Å². The number of rotatable bonds is 4. The maximum absolute atomic E-state index is 10.4. The SMILES string of the molecule is CC(C)(O)[C@@H]1CCN(c2cc(-n3ncc4ccc([C@@]5(C#N)CC56CC6)cc43)ncn2)C1. The van der Waals surface area contributed by atoms with Gasteiger partial charge in [-0.3, -0.25) is 0 Å². The van der Waals surface area contributed by atoms with Gasteiger partial charge in [0.2, 0.25) is 0 Å². The second kappa shape index (κ2) is 6.04. The van der Waals surface area contributed by atoms with Crippen molar-refractivity contribution in [1.82, 2.24) is 19.7 Å². The van der Waals surface area contributed by atoms with Gasteiger partial charge in [-0.25, -0.2) is 14.6 Å². The van der Waals surface area contributed by atoms with Crippen LogP contribution in [0.5, 0.6) is 0 Å². The van der Waals surface area contributed by atoms with Crippen molar-refractivity contribution in [2.24, 2.45) is 11.3 Å². The Labute approximate surface area is 181 Å². The van der Waals surface area contributed by atoms with E-state index in [-0.39, 0.29) is 16.7 Å². The van der Waals surface area contributed by atoms with Crippen LogP contribution in [0.3, 0.4) is 0 Å². The average Bonchev–Trinajstić information content (AvgIpc) is 3.50. The monoisotopic (exact) mass is 414 g/mol. The van der Waals surface area contributed by atoms with Crippen LogP contribution in [0, 0.1) is 22.7 Å². The molecule has 158 valence electrons. The standard InChI is InChI=1S/C24H26N6O/c1-22(2,31)18-5-8-29(12-18)20-10-21(27-15-26-20)30-19-9-17(4-3-16(19)11-28-30)24(14-25)13-23(24)6-7-23/h3-4,9-11,15,18,31H,5-8,12-13H2,1-2H3/t18-,24+/m1/s1. The van der Waals surface area contributed by atoms with Gasteiger partial charge >= 0.3 is 0 Å². The van der Waals surface area contributed by atoms with Crippen LogP contribution in [0.25, 0.3) is 16.7 Å². The number of hydrogen-bond donors (Lipinski definition) is 1. The quantitative estimate of drug-likeness (QED) is 0.704. The Morgan fingerprint density at radius 2 is 2.00 bits per heavy atom. The fourth-order valence-electron chi connectivity index (χ4n) is 5.49. The third-order valence-corrected chi connectivity index (χ3v) is 7.86. The maximum atomic E-state index is 10.4. The van der Waals surface area contributed by atoms with Crippen LogP contribution in [-0.4, -0.2) is 43.5 Å². The zero-order valence-corrected chi connectivity index (χ0v) is 17.9. The van der Waals surface area contributed by atoms with E-state index >= 15 is 0 Å². The Morgan fingerprint density at radius 3 is 2.68 bits per heavy atom. The summed E-state index contributed by atoms with van der Waals surface area (Å²) in [6, 6.07) is 10.9. The van der Waals surface area contributed by atoms with Gasteiger partial charge in [0.25, 0.3) is 0 Å². The van der Waals surface area contributed by atoms with Gasteiger partial charge in [0.15, 0.2) is 5.82 Å². The van der Waals surface area contributed by atoms with Crippen LogP contribution < -0.4 is 4.90 Å². The van der Waals surface area contributed by atoms with Crippen molar-refractivity contribution in [2.45, 2.75) is 50.5 Å². The minimum atomic E-state index is -0.697. The molecular formula is C24H26N6O. The van der Waals surface area contributed by atoms with Crippen molar-refractivity contribution >= 4 is 16.7 Å². The lowest BCUT2D eigenvalue weighted by Crippen LogP contribution is -2.33. The molecule has 1 aromatic carbocycles. The molecule has 7 nitrogen and oxygen atoms in total. The van der Waals surface area contributed by atoms with Crippen molar-refractivity contribution in [2.75, 3.05) is 18.0 Å². The number of nitrogens with zero attached hydrogens (tertiary/aromatic N) is 6. The lowest BCUT2D eigenvalue weighted by molar-refractivity contribution is 0.0263. The molecule has 0 amide bonds. The number of anilines is 1. The van der Waals surface area contributed by atoms with Crippen LogP contribution in [0.15, 0.2) is 36.8 Å². The van der Waals surface area contributed by atoms with Gasteiger partial charge in [-0.15, -0.1) is 0 Å². The second-order valence-corrected chi connectivity index (χ2v) is 10.1.